The second kappa shape index (κ2) is 12.8. The quantitative estimate of drug-likeness (QED) is 0.157. The van der Waals surface area contributed by atoms with E-state index in [1.807, 2.05) is 0 Å². The zero-order valence-corrected chi connectivity index (χ0v) is 30.9. The molecule has 0 aliphatic carbocycles. The van der Waals surface area contributed by atoms with Crippen LogP contribution in [0.3, 0.4) is 0 Å². The summed E-state index contributed by atoms with van der Waals surface area (Å²) < 4.78 is 146. The summed E-state index contributed by atoms with van der Waals surface area (Å²) in [4.78, 5) is -0.611. The van der Waals surface area contributed by atoms with Crippen molar-refractivity contribution in [3.05, 3.63) is 108 Å². The van der Waals surface area contributed by atoms with Crippen molar-refractivity contribution >= 4 is 96.2 Å². The highest BCUT2D eigenvalue weighted by molar-refractivity contribution is 7.86. The van der Waals surface area contributed by atoms with Crippen molar-refractivity contribution in [1.29, 1.82) is 0 Å². The predicted molar refractivity (Wildman–Crippen MR) is 194 cm³/mol. The van der Waals surface area contributed by atoms with Crippen molar-refractivity contribution in [2.45, 2.75) is 19.6 Å². The molecule has 0 amide bonds. The molecule has 0 aliphatic rings. The summed E-state index contributed by atoms with van der Waals surface area (Å²) in [5.41, 5.74) is 0.107. The summed E-state index contributed by atoms with van der Waals surface area (Å²) >= 11 is 0. The molecule has 8 rings (SSSR count). The monoisotopic (exact) mass is 830 g/mol. The Balaban J connectivity index is 1.18. The summed E-state index contributed by atoms with van der Waals surface area (Å²) in [7, 11) is -20.2. The molecule has 6 aromatic carbocycles. The molecule has 0 saturated heterocycles. The van der Waals surface area contributed by atoms with Gasteiger partial charge in [-0.3, -0.25) is 0 Å². The number of benzene rings is 6. The number of nitrogens with zero attached hydrogens (tertiary/aromatic N) is 6. The Labute approximate surface area is 315 Å². The third-order valence-corrected chi connectivity index (χ3v) is 12.3. The van der Waals surface area contributed by atoms with Crippen LogP contribution < -0.4 is 0 Å². The average Bonchev–Trinajstić information content (AvgIpc) is 3.77. The molecule has 0 spiro atoms. The Morgan fingerprint density at radius 1 is 0.411 bits per heavy atom. The molecule has 2 aromatic heterocycles. The van der Waals surface area contributed by atoms with Gasteiger partial charge in [0.15, 0.2) is 0 Å². The van der Waals surface area contributed by atoms with E-state index in [9.17, 15) is 51.9 Å². The Morgan fingerprint density at radius 2 is 0.857 bits per heavy atom. The number of aromatic nitrogens is 6. The third-order valence-electron chi connectivity index (χ3n) is 8.70. The first-order valence-electron chi connectivity index (χ1n) is 15.7. The highest BCUT2D eigenvalue weighted by atomic mass is 32.2. The molecule has 8 aromatic rings. The van der Waals surface area contributed by atoms with E-state index in [0.29, 0.717) is 0 Å². The lowest BCUT2D eigenvalue weighted by Gasteiger charge is -2.14. The summed E-state index contributed by atoms with van der Waals surface area (Å²) in [6.45, 7) is 0. The molecule has 18 nitrogen and oxygen atoms in total. The van der Waals surface area contributed by atoms with Gasteiger partial charge in [-0.2, -0.15) is 9.59 Å². The fourth-order valence-corrected chi connectivity index (χ4v) is 9.03. The molecule has 56 heavy (non-hydrogen) atoms. The van der Waals surface area contributed by atoms with E-state index in [1.54, 1.807) is 6.07 Å². The lowest BCUT2D eigenvalue weighted by Crippen LogP contribution is -2.06. The molecule has 2 heterocycles. The Kier molecular flexibility index (Phi) is 8.44. The van der Waals surface area contributed by atoms with Crippen LogP contribution in [0.2, 0.25) is 0 Å². The van der Waals surface area contributed by atoms with Gasteiger partial charge in [-0.15, -0.1) is 20.4 Å². The van der Waals surface area contributed by atoms with Crippen LogP contribution in [-0.2, 0) is 40.5 Å². The van der Waals surface area contributed by atoms with E-state index in [1.165, 1.54) is 66.7 Å². The predicted octanol–water partition coefficient (Wildman–Crippen LogP) is 3.25. The Bertz CT molecular complexity index is 3490. The molecule has 284 valence electrons. The van der Waals surface area contributed by atoms with Gasteiger partial charge in [0.1, 0.15) is 62.5 Å². The standard InChI is InChI=1S/C34H22N6O12S4/c41-53(42,43)29-7-3-6-26-24(29)14-15-27-33(26)37-39(35-27)21-12-10-19(30(16-21)54(44,45)46)8-9-20-11-13-22(17-31(20)55(47,48)49)40-36-28-18-32(56(50,51)52)23-4-1-2-5-25(23)34(28)38-40/h1-18H,(H,41,42,43)(H,44,45,46)(H,47,48,49)(H,50,51,52)/p-4. The summed E-state index contributed by atoms with van der Waals surface area (Å²) in [5, 5.41) is 17.9. The van der Waals surface area contributed by atoms with Crippen LogP contribution in [0.4, 0.5) is 0 Å². The van der Waals surface area contributed by atoms with E-state index >= 15 is 0 Å². The molecule has 0 unspecified atom stereocenters. The van der Waals surface area contributed by atoms with E-state index in [0.717, 1.165) is 46.0 Å². The molecular weight excluding hydrogens is 813 g/mol. The fourth-order valence-electron chi connectivity index (χ4n) is 6.26. The SMILES string of the molecule is O=S(=O)([O-])c1cc(-n2nc3ccc4c(S(=O)(=O)[O-])cccc4c3n2)ccc1C=Cc1ccc(-n2nc3cc(S(=O)(=O)[O-])c4ccccc4c3n2)cc1S(=O)(=O)[O-]. The molecule has 0 atom stereocenters. The summed E-state index contributed by atoms with van der Waals surface area (Å²) in [6, 6.07) is 20.9. The van der Waals surface area contributed by atoms with Gasteiger partial charge < -0.3 is 18.2 Å². The fraction of sp³-hybridized carbons (Fsp3) is 0. The summed E-state index contributed by atoms with van der Waals surface area (Å²) in [5.74, 6) is 0. The average molecular weight is 831 g/mol. The second-order valence-corrected chi connectivity index (χ2v) is 17.5. The molecule has 0 fully saturated rings. The van der Waals surface area contributed by atoms with Crippen LogP contribution in [0, 0.1) is 0 Å². The normalized spacial score (nSPS) is 13.1. The van der Waals surface area contributed by atoms with E-state index < -0.39 is 60.1 Å². The molecule has 0 N–H and O–H groups in total. The number of hydrogen-bond donors (Lipinski definition) is 0. The van der Waals surface area contributed by atoms with Gasteiger partial charge in [0.2, 0.25) is 0 Å². The zero-order valence-electron chi connectivity index (χ0n) is 27.6. The maximum absolute atomic E-state index is 12.5. The topological polar surface area (TPSA) is 290 Å². The molecule has 0 radical (unpaired) electrons. The van der Waals surface area contributed by atoms with Crippen molar-refractivity contribution in [3.8, 4) is 11.4 Å². The van der Waals surface area contributed by atoms with Crippen LogP contribution in [-0.4, -0.2) is 81.9 Å². The number of rotatable bonds is 8. The smallest absolute Gasteiger partial charge is 0.125 e. The van der Waals surface area contributed by atoms with Crippen molar-refractivity contribution in [2.75, 3.05) is 0 Å². The van der Waals surface area contributed by atoms with Gasteiger partial charge in [-0.25, -0.2) is 33.7 Å². The van der Waals surface area contributed by atoms with E-state index in [4.69, 9.17) is 0 Å². The number of hydrogen-bond acceptors (Lipinski definition) is 16. The Morgan fingerprint density at radius 3 is 1.38 bits per heavy atom. The van der Waals surface area contributed by atoms with Gasteiger partial charge in [-0.1, -0.05) is 66.7 Å². The first-order chi connectivity index (χ1) is 26.3. The lowest BCUT2D eigenvalue weighted by molar-refractivity contribution is 0.460. The minimum atomic E-state index is -5.22. The molecule has 0 bridgehead atoms. The second-order valence-electron chi connectivity index (χ2n) is 12.1. The van der Waals surface area contributed by atoms with E-state index in [2.05, 4.69) is 20.4 Å². The number of fused-ring (bicyclic) bond motifs is 6. The van der Waals surface area contributed by atoms with Gasteiger partial charge in [-0.05, 0) is 53.6 Å². The van der Waals surface area contributed by atoms with Crippen molar-refractivity contribution in [2.24, 2.45) is 0 Å². The van der Waals surface area contributed by atoms with Crippen LogP contribution in [0.25, 0.3) is 67.1 Å². The first kappa shape index (κ1) is 37.0. The highest BCUT2D eigenvalue weighted by Gasteiger charge is 2.19. The molecular formula is C34H18N6O12S4-4. The van der Waals surface area contributed by atoms with Crippen molar-refractivity contribution in [1.82, 2.24) is 30.0 Å². The highest BCUT2D eigenvalue weighted by Crippen LogP contribution is 2.32. The van der Waals surface area contributed by atoms with Crippen LogP contribution in [0.15, 0.2) is 117 Å². The summed E-state index contributed by atoms with van der Waals surface area (Å²) in [6.07, 6.45) is 2.19. The first-order valence-corrected chi connectivity index (χ1v) is 21.3. The maximum Gasteiger partial charge on any atom is 0.125 e. The van der Waals surface area contributed by atoms with Crippen LogP contribution in [0.1, 0.15) is 11.1 Å². The zero-order chi connectivity index (χ0) is 39.9. The van der Waals surface area contributed by atoms with Crippen LogP contribution >= 0.6 is 0 Å². The lowest BCUT2D eigenvalue weighted by atomic mass is 10.1. The van der Waals surface area contributed by atoms with Crippen molar-refractivity contribution in [3.63, 3.8) is 0 Å². The Hall–Kier alpha value is -5.98. The largest absolute Gasteiger partial charge is 0.744 e. The van der Waals surface area contributed by atoms with E-state index in [-0.39, 0.29) is 66.1 Å². The molecule has 0 saturated carbocycles. The minimum absolute atomic E-state index is 0.00689. The third kappa shape index (κ3) is 6.58. The van der Waals surface area contributed by atoms with Gasteiger partial charge in [0.05, 0.1) is 31.0 Å². The minimum Gasteiger partial charge on any atom is -0.744 e. The van der Waals surface area contributed by atoms with Gasteiger partial charge in [0.25, 0.3) is 0 Å². The maximum atomic E-state index is 12.5. The van der Waals surface area contributed by atoms with Crippen molar-refractivity contribution < 1.29 is 51.9 Å². The van der Waals surface area contributed by atoms with Gasteiger partial charge >= 0.3 is 0 Å². The molecule has 22 heteroatoms. The molecule has 0 aliphatic heterocycles. The van der Waals surface area contributed by atoms with Crippen LogP contribution in [0.5, 0.6) is 0 Å². The van der Waals surface area contributed by atoms with Gasteiger partial charge in [0, 0.05) is 21.5 Å².